The number of anilines is 1. The molecular formula is C15H17BrN4OS. The second-order valence-electron chi connectivity index (χ2n) is 5.26. The van der Waals surface area contributed by atoms with E-state index >= 15 is 0 Å². The van der Waals surface area contributed by atoms with Crippen molar-refractivity contribution in [1.82, 2.24) is 15.3 Å². The van der Waals surface area contributed by atoms with Crippen LogP contribution in [0.15, 0.2) is 34.4 Å². The Balaban J connectivity index is 1.56. The van der Waals surface area contributed by atoms with Gasteiger partial charge in [0.05, 0.1) is 16.2 Å². The fraction of sp³-hybridized carbons (Fsp3) is 0.400. The van der Waals surface area contributed by atoms with Crippen LogP contribution >= 0.6 is 27.3 Å². The Bertz CT molecular complexity index is 633. The molecule has 3 rings (SSSR count). The summed E-state index contributed by atoms with van der Waals surface area (Å²) in [6.45, 7) is 2.18. The Labute approximate surface area is 141 Å². The lowest BCUT2D eigenvalue weighted by Gasteiger charge is -2.31. The van der Waals surface area contributed by atoms with Gasteiger partial charge in [-0.05, 0) is 47.0 Å². The summed E-state index contributed by atoms with van der Waals surface area (Å²) in [6, 6.07) is 5.83. The Hall–Kier alpha value is -1.47. The van der Waals surface area contributed by atoms with Gasteiger partial charge >= 0.3 is 0 Å². The zero-order valence-corrected chi connectivity index (χ0v) is 14.4. The molecule has 22 heavy (non-hydrogen) atoms. The minimum Gasteiger partial charge on any atom is -0.351 e. The highest BCUT2D eigenvalue weighted by molar-refractivity contribution is 9.11. The zero-order chi connectivity index (χ0) is 15.4. The fourth-order valence-corrected chi connectivity index (χ4v) is 4.02. The molecule has 0 aliphatic carbocycles. The van der Waals surface area contributed by atoms with Crippen molar-refractivity contribution in [2.75, 3.05) is 18.0 Å². The molecule has 116 valence electrons. The molecule has 2 aromatic rings. The lowest BCUT2D eigenvalue weighted by atomic mass is 9.97. The fourth-order valence-electron chi connectivity index (χ4n) is 2.59. The number of halogens is 1. The van der Waals surface area contributed by atoms with Gasteiger partial charge in [-0.15, -0.1) is 11.3 Å². The van der Waals surface area contributed by atoms with E-state index in [0.717, 1.165) is 28.0 Å². The van der Waals surface area contributed by atoms with Crippen molar-refractivity contribution >= 4 is 39.1 Å². The Morgan fingerprint density at radius 2 is 2.23 bits per heavy atom. The van der Waals surface area contributed by atoms with E-state index in [2.05, 4.69) is 36.1 Å². The van der Waals surface area contributed by atoms with Crippen molar-refractivity contribution < 1.29 is 4.79 Å². The average molecular weight is 381 g/mol. The first-order valence-corrected chi connectivity index (χ1v) is 8.87. The molecule has 1 amide bonds. The number of carbonyl (C=O) groups is 1. The lowest BCUT2D eigenvalue weighted by molar-refractivity contribution is -0.125. The van der Waals surface area contributed by atoms with Crippen LogP contribution in [0.5, 0.6) is 0 Å². The number of amides is 1. The van der Waals surface area contributed by atoms with Crippen LogP contribution in [0.4, 0.5) is 5.95 Å². The summed E-state index contributed by atoms with van der Waals surface area (Å²) in [5, 5.41) is 3.04. The summed E-state index contributed by atoms with van der Waals surface area (Å²) in [6.07, 6.45) is 5.38. The Morgan fingerprint density at radius 1 is 1.41 bits per heavy atom. The van der Waals surface area contributed by atoms with Gasteiger partial charge in [-0.3, -0.25) is 4.79 Å². The van der Waals surface area contributed by atoms with Crippen LogP contribution in [0.25, 0.3) is 0 Å². The number of carbonyl (C=O) groups excluding carboxylic acids is 1. The molecule has 0 radical (unpaired) electrons. The molecule has 1 saturated heterocycles. The predicted octanol–water partition coefficient (Wildman–Crippen LogP) is 2.83. The number of piperidine rings is 1. The SMILES string of the molecule is O=C(NCc1ccc(Br)s1)C1CCCN(c2ncccn2)C1. The maximum absolute atomic E-state index is 12.4. The molecule has 1 fully saturated rings. The molecule has 5 nitrogen and oxygen atoms in total. The van der Waals surface area contributed by atoms with Crippen molar-refractivity contribution in [2.45, 2.75) is 19.4 Å². The number of hydrogen-bond acceptors (Lipinski definition) is 5. The van der Waals surface area contributed by atoms with Gasteiger partial charge in [-0.2, -0.15) is 0 Å². The van der Waals surface area contributed by atoms with Crippen LogP contribution in [0.2, 0.25) is 0 Å². The van der Waals surface area contributed by atoms with Gasteiger partial charge in [-0.1, -0.05) is 0 Å². The summed E-state index contributed by atoms with van der Waals surface area (Å²) in [4.78, 5) is 24.2. The molecule has 0 bridgehead atoms. The van der Waals surface area contributed by atoms with Crippen LogP contribution < -0.4 is 10.2 Å². The summed E-state index contributed by atoms with van der Waals surface area (Å²) in [5.41, 5.74) is 0. The first-order chi connectivity index (χ1) is 10.7. The summed E-state index contributed by atoms with van der Waals surface area (Å²) in [5.74, 6) is 0.827. The van der Waals surface area contributed by atoms with Crippen molar-refractivity contribution in [3.8, 4) is 0 Å². The van der Waals surface area contributed by atoms with Crippen LogP contribution in [-0.2, 0) is 11.3 Å². The van der Waals surface area contributed by atoms with Crippen LogP contribution in [0, 0.1) is 5.92 Å². The van der Waals surface area contributed by atoms with E-state index in [4.69, 9.17) is 0 Å². The maximum atomic E-state index is 12.4. The maximum Gasteiger partial charge on any atom is 0.225 e. The largest absolute Gasteiger partial charge is 0.351 e. The minimum absolute atomic E-state index is 0.000888. The van der Waals surface area contributed by atoms with Crippen molar-refractivity contribution in [1.29, 1.82) is 0 Å². The molecule has 1 unspecified atom stereocenters. The third kappa shape index (κ3) is 3.84. The van der Waals surface area contributed by atoms with Gasteiger partial charge in [0.15, 0.2) is 0 Å². The third-order valence-electron chi connectivity index (χ3n) is 3.69. The highest BCUT2D eigenvalue weighted by Crippen LogP contribution is 2.23. The van der Waals surface area contributed by atoms with Gasteiger partial charge in [0.1, 0.15) is 0 Å². The van der Waals surface area contributed by atoms with E-state index < -0.39 is 0 Å². The number of nitrogens with one attached hydrogen (secondary N) is 1. The molecule has 7 heteroatoms. The standard InChI is InChI=1S/C15H17BrN4OS/c16-13-5-4-12(22-13)9-19-14(21)11-3-1-8-20(10-11)15-17-6-2-7-18-15/h2,4-7,11H,1,3,8-10H2,(H,19,21). The normalized spacial score (nSPS) is 18.2. The molecule has 3 heterocycles. The molecule has 1 aliphatic rings. The van der Waals surface area contributed by atoms with Crippen LogP contribution in [0.3, 0.4) is 0 Å². The van der Waals surface area contributed by atoms with E-state index in [1.807, 2.05) is 12.1 Å². The van der Waals surface area contributed by atoms with E-state index in [1.165, 1.54) is 0 Å². The van der Waals surface area contributed by atoms with Gasteiger partial charge in [0.25, 0.3) is 0 Å². The van der Waals surface area contributed by atoms with Crippen LogP contribution in [0.1, 0.15) is 17.7 Å². The third-order valence-corrected chi connectivity index (χ3v) is 5.32. The molecular weight excluding hydrogens is 364 g/mol. The zero-order valence-electron chi connectivity index (χ0n) is 12.0. The first kappa shape index (κ1) is 15.4. The van der Waals surface area contributed by atoms with Gasteiger partial charge in [0.2, 0.25) is 11.9 Å². The van der Waals surface area contributed by atoms with Crippen LogP contribution in [-0.4, -0.2) is 29.0 Å². The quantitative estimate of drug-likeness (QED) is 0.885. The smallest absolute Gasteiger partial charge is 0.225 e. The summed E-state index contributed by atoms with van der Waals surface area (Å²) in [7, 11) is 0. The van der Waals surface area contributed by atoms with Crippen molar-refractivity contribution in [3.05, 3.63) is 39.3 Å². The summed E-state index contributed by atoms with van der Waals surface area (Å²) < 4.78 is 1.09. The van der Waals surface area contributed by atoms with E-state index in [9.17, 15) is 4.79 Å². The van der Waals surface area contributed by atoms with E-state index in [0.29, 0.717) is 19.0 Å². The van der Waals surface area contributed by atoms with E-state index in [1.54, 1.807) is 29.8 Å². The number of aromatic nitrogens is 2. The molecule has 0 aromatic carbocycles. The highest BCUT2D eigenvalue weighted by atomic mass is 79.9. The number of rotatable bonds is 4. The number of thiophene rings is 1. The van der Waals surface area contributed by atoms with Gasteiger partial charge < -0.3 is 10.2 Å². The highest BCUT2D eigenvalue weighted by Gasteiger charge is 2.26. The second-order valence-corrected chi connectivity index (χ2v) is 7.81. The Morgan fingerprint density at radius 3 is 2.95 bits per heavy atom. The average Bonchev–Trinajstić information content (AvgIpc) is 2.99. The molecule has 1 atom stereocenters. The first-order valence-electron chi connectivity index (χ1n) is 7.26. The van der Waals surface area contributed by atoms with Gasteiger partial charge in [-0.25, -0.2) is 9.97 Å². The number of nitrogens with zero attached hydrogens (tertiary/aromatic N) is 3. The van der Waals surface area contributed by atoms with Crippen molar-refractivity contribution in [3.63, 3.8) is 0 Å². The predicted molar refractivity (Wildman–Crippen MR) is 90.8 cm³/mol. The van der Waals surface area contributed by atoms with E-state index in [-0.39, 0.29) is 11.8 Å². The molecule has 0 spiro atoms. The Kier molecular flexibility index (Phi) is 5.04. The summed E-state index contributed by atoms with van der Waals surface area (Å²) >= 11 is 5.08. The molecule has 0 saturated carbocycles. The van der Waals surface area contributed by atoms with Gasteiger partial charge in [0, 0.05) is 30.4 Å². The minimum atomic E-state index is 0.000888. The molecule has 1 aliphatic heterocycles. The van der Waals surface area contributed by atoms with Crippen molar-refractivity contribution in [2.24, 2.45) is 5.92 Å². The molecule has 2 aromatic heterocycles. The second kappa shape index (κ2) is 7.19. The topological polar surface area (TPSA) is 58.1 Å². The number of hydrogen-bond donors (Lipinski definition) is 1. The molecule has 1 N–H and O–H groups in total. The monoisotopic (exact) mass is 380 g/mol. The lowest BCUT2D eigenvalue weighted by Crippen LogP contribution is -2.43.